The van der Waals surface area contributed by atoms with Gasteiger partial charge in [0, 0.05) is 6.20 Å². The summed E-state index contributed by atoms with van der Waals surface area (Å²) in [6.07, 6.45) is -2.56. The summed E-state index contributed by atoms with van der Waals surface area (Å²) in [6, 6.07) is 3.01. The van der Waals surface area contributed by atoms with Crippen LogP contribution in [0.3, 0.4) is 0 Å². The summed E-state index contributed by atoms with van der Waals surface area (Å²) in [7, 11) is 1.24. The highest BCUT2D eigenvalue weighted by Gasteiger charge is 2.33. The molecule has 0 saturated heterocycles. The molecule has 0 aromatic carbocycles. The zero-order valence-corrected chi connectivity index (χ0v) is 9.88. The number of aromatic nitrogens is 2. The van der Waals surface area contributed by atoms with Crippen LogP contribution in [0.2, 0.25) is 0 Å². The van der Waals surface area contributed by atoms with Crippen LogP contribution in [0.5, 0.6) is 0 Å². The molecule has 2 heterocycles. The van der Waals surface area contributed by atoms with Gasteiger partial charge in [0.2, 0.25) is 0 Å². The number of carbonyl (C=O) groups is 1. The van der Waals surface area contributed by atoms with Gasteiger partial charge >= 0.3 is 12.1 Å². The first kappa shape index (κ1) is 12.6. The predicted molar refractivity (Wildman–Crippen MR) is 57.8 cm³/mol. The zero-order valence-electron chi connectivity index (χ0n) is 9.06. The fraction of sp³-hybridized carbons (Fsp3) is 0.200. The standard InChI is InChI=1S/C10H7F3N2O2S/c1-17-9(16)6-2-3-8(18-6)15-4-7(14-5-15)10(11,12)13/h2-5H,1H3. The Balaban J connectivity index is 2.30. The van der Waals surface area contributed by atoms with Crippen molar-refractivity contribution in [2.24, 2.45) is 0 Å². The minimum Gasteiger partial charge on any atom is -0.465 e. The van der Waals surface area contributed by atoms with E-state index in [2.05, 4.69) is 9.72 Å². The van der Waals surface area contributed by atoms with Gasteiger partial charge < -0.3 is 4.74 Å². The van der Waals surface area contributed by atoms with Crippen molar-refractivity contribution < 1.29 is 22.7 Å². The predicted octanol–water partition coefficient (Wildman–Crippen LogP) is 2.74. The number of hydrogen-bond acceptors (Lipinski definition) is 4. The van der Waals surface area contributed by atoms with Gasteiger partial charge in [0.05, 0.1) is 7.11 Å². The molecule has 18 heavy (non-hydrogen) atoms. The maximum Gasteiger partial charge on any atom is 0.434 e. The Morgan fingerprint density at radius 3 is 2.72 bits per heavy atom. The van der Waals surface area contributed by atoms with E-state index < -0.39 is 17.8 Å². The van der Waals surface area contributed by atoms with Crippen molar-refractivity contribution in [3.8, 4) is 5.00 Å². The van der Waals surface area contributed by atoms with Crippen molar-refractivity contribution in [1.29, 1.82) is 0 Å². The molecule has 0 spiro atoms. The molecule has 0 aliphatic rings. The number of carbonyl (C=O) groups excluding carboxylic acids is 1. The van der Waals surface area contributed by atoms with Gasteiger partial charge in [-0.25, -0.2) is 9.78 Å². The molecule has 96 valence electrons. The Hall–Kier alpha value is -1.83. The van der Waals surface area contributed by atoms with Gasteiger partial charge in [0.1, 0.15) is 16.2 Å². The zero-order chi connectivity index (χ0) is 13.3. The van der Waals surface area contributed by atoms with Crippen molar-refractivity contribution in [1.82, 2.24) is 9.55 Å². The molecule has 0 N–H and O–H groups in total. The molecule has 0 saturated carbocycles. The lowest BCUT2D eigenvalue weighted by atomic mass is 10.4. The molecule has 0 bridgehead atoms. The van der Waals surface area contributed by atoms with Crippen LogP contribution >= 0.6 is 11.3 Å². The Bertz CT molecular complexity index is 574. The monoisotopic (exact) mass is 276 g/mol. The molecule has 0 aliphatic carbocycles. The van der Waals surface area contributed by atoms with Crippen molar-refractivity contribution in [2.45, 2.75) is 6.18 Å². The minimum atomic E-state index is -4.48. The van der Waals surface area contributed by atoms with E-state index in [0.717, 1.165) is 23.9 Å². The molecule has 2 aromatic rings. The Morgan fingerprint density at radius 1 is 1.44 bits per heavy atom. The summed E-state index contributed by atoms with van der Waals surface area (Å²) >= 11 is 1.02. The highest BCUT2D eigenvalue weighted by molar-refractivity contribution is 7.16. The van der Waals surface area contributed by atoms with E-state index in [-0.39, 0.29) is 0 Å². The molecular formula is C10H7F3N2O2S. The molecule has 8 heteroatoms. The first-order valence-electron chi connectivity index (χ1n) is 4.71. The number of rotatable bonds is 2. The lowest BCUT2D eigenvalue weighted by Crippen LogP contribution is -2.04. The third-order valence-corrected chi connectivity index (χ3v) is 3.18. The summed E-state index contributed by atoms with van der Waals surface area (Å²) in [5.74, 6) is -0.526. The molecule has 4 nitrogen and oxygen atoms in total. The smallest absolute Gasteiger partial charge is 0.434 e. The van der Waals surface area contributed by atoms with E-state index in [4.69, 9.17) is 0 Å². The van der Waals surface area contributed by atoms with Crippen LogP contribution in [-0.2, 0) is 10.9 Å². The van der Waals surface area contributed by atoms with E-state index in [1.54, 1.807) is 0 Å². The first-order chi connectivity index (χ1) is 8.41. The number of imidazole rings is 1. The van der Waals surface area contributed by atoms with Crippen LogP contribution in [0.15, 0.2) is 24.7 Å². The number of esters is 1. The van der Waals surface area contributed by atoms with Crippen molar-refractivity contribution in [3.05, 3.63) is 35.2 Å². The summed E-state index contributed by atoms with van der Waals surface area (Å²) in [5.41, 5.74) is -0.976. The second-order valence-corrected chi connectivity index (χ2v) is 4.36. The van der Waals surface area contributed by atoms with Crippen molar-refractivity contribution >= 4 is 17.3 Å². The number of halogens is 3. The Labute approximate surface area is 104 Å². The Morgan fingerprint density at radius 2 is 2.17 bits per heavy atom. The highest BCUT2D eigenvalue weighted by atomic mass is 32.1. The number of nitrogens with zero attached hydrogens (tertiary/aromatic N) is 2. The molecule has 0 amide bonds. The van der Waals surface area contributed by atoms with Gasteiger partial charge in [-0.3, -0.25) is 4.57 Å². The van der Waals surface area contributed by atoms with E-state index >= 15 is 0 Å². The van der Waals surface area contributed by atoms with Gasteiger partial charge in [0.25, 0.3) is 0 Å². The highest BCUT2D eigenvalue weighted by Crippen LogP contribution is 2.29. The third kappa shape index (κ3) is 2.37. The van der Waals surface area contributed by atoms with Crippen LogP contribution in [0, 0.1) is 0 Å². The number of hydrogen-bond donors (Lipinski definition) is 0. The quantitative estimate of drug-likeness (QED) is 0.792. The molecule has 0 aliphatic heterocycles. The van der Waals surface area contributed by atoms with E-state index in [1.165, 1.54) is 23.8 Å². The number of methoxy groups -OCH3 is 1. The molecule has 2 rings (SSSR count). The fourth-order valence-electron chi connectivity index (χ4n) is 1.27. The molecule has 0 unspecified atom stereocenters. The van der Waals surface area contributed by atoms with Gasteiger partial charge in [-0.1, -0.05) is 0 Å². The van der Waals surface area contributed by atoms with Gasteiger partial charge in [-0.2, -0.15) is 13.2 Å². The summed E-state index contributed by atoms with van der Waals surface area (Å²) in [5, 5.41) is 0.457. The second-order valence-electron chi connectivity index (χ2n) is 3.29. The number of alkyl halides is 3. The average Bonchev–Trinajstić information content (AvgIpc) is 2.94. The summed E-state index contributed by atoms with van der Waals surface area (Å²) in [4.78, 5) is 14.8. The minimum absolute atomic E-state index is 0.315. The number of ether oxygens (including phenoxy) is 1. The van der Waals surface area contributed by atoms with E-state index in [0.29, 0.717) is 9.88 Å². The van der Waals surface area contributed by atoms with E-state index in [9.17, 15) is 18.0 Å². The molecule has 0 atom stereocenters. The lowest BCUT2D eigenvalue weighted by molar-refractivity contribution is -0.140. The lowest BCUT2D eigenvalue weighted by Gasteiger charge is -2.00. The van der Waals surface area contributed by atoms with Gasteiger partial charge in [-0.05, 0) is 12.1 Å². The van der Waals surface area contributed by atoms with Crippen molar-refractivity contribution in [2.75, 3.05) is 7.11 Å². The molecule has 0 radical (unpaired) electrons. The fourth-order valence-corrected chi connectivity index (χ4v) is 2.14. The average molecular weight is 276 g/mol. The number of thiophene rings is 1. The van der Waals surface area contributed by atoms with Crippen LogP contribution in [-0.4, -0.2) is 22.6 Å². The second kappa shape index (κ2) is 4.45. The van der Waals surface area contributed by atoms with Gasteiger partial charge in [0.15, 0.2) is 5.69 Å². The maximum atomic E-state index is 12.4. The normalized spacial score (nSPS) is 11.6. The maximum absolute atomic E-state index is 12.4. The summed E-state index contributed by atoms with van der Waals surface area (Å²) in [6.45, 7) is 0. The summed E-state index contributed by atoms with van der Waals surface area (Å²) < 4.78 is 42.8. The van der Waals surface area contributed by atoms with Crippen LogP contribution < -0.4 is 0 Å². The van der Waals surface area contributed by atoms with E-state index in [1.807, 2.05) is 0 Å². The molecular weight excluding hydrogens is 269 g/mol. The Kier molecular flexibility index (Phi) is 3.12. The molecule has 0 fully saturated rings. The SMILES string of the molecule is COC(=O)c1ccc(-n2cnc(C(F)(F)F)c2)s1. The third-order valence-electron chi connectivity index (χ3n) is 2.11. The van der Waals surface area contributed by atoms with Crippen molar-refractivity contribution in [3.63, 3.8) is 0 Å². The van der Waals surface area contributed by atoms with Crippen LogP contribution in [0.25, 0.3) is 5.00 Å². The molecule has 2 aromatic heterocycles. The first-order valence-corrected chi connectivity index (χ1v) is 5.53. The topological polar surface area (TPSA) is 44.1 Å². The van der Waals surface area contributed by atoms with Crippen LogP contribution in [0.1, 0.15) is 15.4 Å². The van der Waals surface area contributed by atoms with Crippen LogP contribution in [0.4, 0.5) is 13.2 Å². The van der Waals surface area contributed by atoms with Gasteiger partial charge in [-0.15, -0.1) is 11.3 Å². The largest absolute Gasteiger partial charge is 0.465 e.